The fourth-order valence-electron chi connectivity index (χ4n) is 1.81. The summed E-state index contributed by atoms with van der Waals surface area (Å²) in [5, 5.41) is 10.8. The van der Waals surface area contributed by atoms with Gasteiger partial charge in [0, 0.05) is 6.07 Å². The molecule has 0 aromatic heterocycles. The Bertz CT molecular complexity index is 654. The smallest absolute Gasteiger partial charge is 0.292 e. The van der Waals surface area contributed by atoms with Gasteiger partial charge in [0.2, 0.25) is 0 Å². The molecule has 20 heavy (non-hydrogen) atoms. The van der Waals surface area contributed by atoms with Crippen molar-refractivity contribution >= 4 is 11.4 Å². The Hall–Kier alpha value is -2.56. The van der Waals surface area contributed by atoms with Crippen molar-refractivity contribution in [1.29, 1.82) is 0 Å². The van der Waals surface area contributed by atoms with Crippen LogP contribution in [0.5, 0.6) is 5.75 Å². The number of rotatable bonds is 4. The highest BCUT2D eigenvalue weighted by molar-refractivity contribution is 5.59. The van der Waals surface area contributed by atoms with Gasteiger partial charge in [0.05, 0.1) is 4.92 Å². The summed E-state index contributed by atoms with van der Waals surface area (Å²) < 4.78 is 5.64. The zero-order chi connectivity index (χ0) is 14.7. The molecule has 2 N–H and O–H groups in total. The van der Waals surface area contributed by atoms with Crippen LogP contribution < -0.4 is 10.5 Å². The predicted octanol–water partition coefficient (Wildman–Crippen LogP) is 3.37. The van der Waals surface area contributed by atoms with E-state index >= 15 is 0 Å². The summed E-state index contributed by atoms with van der Waals surface area (Å²) in [4.78, 5) is 10.3. The maximum absolute atomic E-state index is 10.8. The van der Waals surface area contributed by atoms with Crippen molar-refractivity contribution in [2.45, 2.75) is 20.5 Å². The number of nitrogen functional groups attached to an aromatic ring is 1. The fraction of sp³-hybridized carbons (Fsp3) is 0.200. The molecule has 0 spiro atoms. The molecule has 5 heteroatoms. The van der Waals surface area contributed by atoms with Crippen molar-refractivity contribution in [2.75, 3.05) is 5.73 Å². The second-order valence-electron chi connectivity index (χ2n) is 4.69. The first-order chi connectivity index (χ1) is 9.47. The van der Waals surface area contributed by atoms with E-state index in [4.69, 9.17) is 10.5 Å². The van der Waals surface area contributed by atoms with Crippen molar-refractivity contribution in [2.24, 2.45) is 0 Å². The van der Waals surface area contributed by atoms with E-state index in [1.807, 2.05) is 32.0 Å². The van der Waals surface area contributed by atoms with Gasteiger partial charge in [-0.15, -0.1) is 0 Å². The first-order valence-electron chi connectivity index (χ1n) is 6.20. The Kier molecular flexibility index (Phi) is 3.89. The third-order valence-electron chi connectivity index (χ3n) is 3.18. The minimum Gasteiger partial charge on any atom is -0.489 e. The van der Waals surface area contributed by atoms with Gasteiger partial charge in [0.25, 0.3) is 5.69 Å². The number of hydrogen-bond donors (Lipinski definition) is 1. The van der Waals surface area contributed by atoms with Crippen molar-refractivity contribution in [3.63, 3.8) is 0 Å². The molecule has 0 saturated carbocycles. The van der Waals surface area contributed by atoms with Crippen molar-refractivity contribution < 1.29 is 9.66 Å². The number of aryl methyl sites for hydroxylation is 2. The number of benzene rings is 2. The largest absolute Gasteiger partial charge is 0.489 e. The number of nitro groups is 1. The van der Waals surface area contributed by atoms with Gasteiger partial charge in [0.15, 0.2) is 0 Å². The monoisotopic (exact) mass is 272 g/mol. The van der Waals surface area contributed by atoms with Crippen LogP contribution >= 0.6 is 0 Å². The molecule has 0 atom stereocenters. The number of ether oxygens (including phenoxy) is 1. The molecule has 0 unspecified atom stereocenters. The van der Waals surface area contributed by atoms with Crippen molar-refractivity contribution in [3.05, 3.63) is 63.2 Å². The van der Waals surface area contributed by atoms with Gasteiger partial charge >= 0.3 is 0 Å². The van der Waals surface area contributed by atoms with Crippen LogP contribution in [0.25, 0.3) is 0 Å². The minimum atomic E-state index is -0.491. The number of hydrogen-bond acceptors (Lipinski definition) is 4. The van der Waals surface area contributed by atoms with E-state index in [1.165, 1.54) is 17.7 Å². The summed E-state index contributed by atoms with van der Waals surface area (Å²) in [6.45, 7) is 4.31. The molecule has 0 aliphatic rings. The van der Waals surface area contributed by atoms with Crippen LogP contribution in [0, 0.1) is 24.0 Å². The van der Waals surface area contributed by atoms with Gasteiger partial charge in [-0.3, -0.25) is 10.1 Å². The molecule has 0 radical (unpaired) electrons. The molecule has 0 aliphatic heterocycles. The summed E-state index contributed by atoms with van der Waals surface area (Å²) in [5.41, 5.74) is 8.67. The average Bonchev–Trinajstić information content (AvgIpc) is 2.41. The molecule has 104 valence electrons. The third kappa shape index (κ3) is 3.06. The standard InChI is InChI=1S/C15H16N2O3/c1-10-3-5-13(7-11(10)2)20-9-12-4-6-14(16)15(8-12)17(18)19/h3-8H,9,16H2,1-2H3. The summed E-state index contributed by atoms with van der Waals surface area (Å²) in [7, 11) is 0. The maximum atomic E-state index is 10.8. The van der Waals surface area contributed by atoms with Crippen molar-refractivity contribution in [3.8, 4) is 5.75 Å². The molecule has 2 aromatic carbocycles. The minimum absolute atomic E-state index is 0.0915. The molecule has 2 rings (SSSR count). The van der Waals surface area contributed by atoms with Gasteiger partial charge < -0.3 is 10.5 Å². The van der Waals surface area contributed by atoms with E-state index < -0.39 is 4.92 Å². The highest BCUT2D eigenvalue weighted by Gasteiger charge is 2.12. The van der Waals surface area contributed by atoms with E-state index in [2.05, 4.69) is 0 Å². The topological polar surface area (TPSA) is 78.4 Å². The van der Waals surface area contributed by atoms with E-state index in [9.17, 15) is 10.1 Å². The molecule has 0 bridgehead atoms. The lowest BCUT2D eigenvalue weighted by molar-refractivity contribution is -0.384. The second kappa shape index (κ2) is 5.61. The first kappa shape index (κ1) is 13.9. The van der Waals surface area contributed by atoms with Crippen LogP contribution in [0.3, 0.4) is 0 Å². The fourth-order valence-corrected chi connectivity index (χ4v) is 1.81. The third-order valence-corrected chi connectivity index (χ3v) is 3.18. The average molecular weight is 272 g/mol. The lowest BCUT2D eigenvalue weighted by Gasteiger charge is -2.09. The molecule has 5 nitrogen and oxygen atoms in total. The number of nitro benzene ring substituents is 1. The number of nitrogens with two attached hydrogens (primary N) is 1. The summed E-state index contributed by atoms with van der Waals surface area (Å²) in [5.74, 6) is 0.743. The van der Waals surface area contributed by atoms with Crippen LogP contribution in [0.4, 0.5) is 11.4 Å². The zero-order valence-corrected chi connectivity index (χ0v) is 11.4. The van der Waals surface area contributed by atoms with Gasteiger partial charge in [-0.1, -0.05) is 12.1 Å². The second-order valence-corrected chi connectivity index (χ2v) is 4.69. The SMILES string of the molecule is Cc1ccc(OCc2ccc(N)c([N+](=O)[O-])c2)cc1C. The van der Waals surface area contributed by atoms with Gasteiger partial charge in [-0.2, -0.15) is 0 Å². The van der Waals surface area contributed by atoms with E-state index in [-0.39, 0.29) is 18.0 Å². The van der Waals surface area contributed by atoms with Crippen LogP contribution in [0.2, 0.25) is 0 Å². The summed E-state index contributed by atoms with van der Waals surface area (Å²) in [6, 6.07) is 10.5. The predicted molar refractivity (Wildman–Crippen MR) is 77.8 cm³/mol. The van der Waals surface area contributed by atoms with Gasteiger partial charge in [0.1, 0.15) is 18.0 Å². The molecule has 0 heterocycles. The van der Waals surface area contributed by atoms with E-state index in [0.717, 1.165) is 11.3 Å². The van der Waals surface area contributed by atoms with Crippen molar-refractivity contribution in [1.82, 2.24) is 0 Å². The highest BCUT2D eigenvalue weighted by atomic mass is 16.6. The number of anilines is 1. The number of nitrogens with zero attached hydrogens (tertiary/aromatic N) is 1. The normalized spacial score (nSPS) is 10.3. The van der Waals surface area contributed by atoms with E-state index in [1.54, 1.807) is 6.07 Å². The van der Waals surface area contributed by atoms with Crippen LogP contribution in [0.15, 0.2) is 36.4 Å². The molecular weight excluding hydrogens is 256 g/mol. The molecule has 0 saturated heterocycles. The van der Waals surface area contributed by atoms with Gasteiger partial charge in [-0.25, -0.2) is 0 Å². The van der Waals surface area contributed by atoms with E-state index in [0.29, 0.717) is 5.56 Å². The van der Waals surface area contributed by atoms with Crippen LogP contribution in [-0.2, 0) is 6.61 Å². The molecular formula is C15H16N2O3. The Morgan fingerprint density at radius 2 is 1.90 bits per heavy atom. The Labute approximate surface area is 117 Å². The van der Waals surface area contributed by atoms with Gasteiger partial charge in [-0.05, 0) is 48.7 Å². The van der Waals surface area contributed by atoms with Crippen LogP contribution in [0.1, 0.15) is 16.7 Å². The van der Waals surface area contributed by atoms with Crippen LogP contribution in [-0.4, -0.2) is 4.92 Å². The molecule has 0 aliphatic carbocycles. The Balaban J connectivity index is 2.12. The molecule has 0 amide bonds. The first-order valence-corrected chi connectivity index (χ1v) is 6.20. The maximum Gasteiger partial charge on any atom is 0.292 e. The summed E-state index contributed by atoms with van der Waals surface area (Å²) >= 11 is 0. The Morgan fingerprint density at radius 1 is 1.15 bits per heavy atom. The lowest BCUT2D eigenvalue weighted by Crippen LogP contribution is -2.00. The molecule has 2 aromatic rings. The quantitative estimate of drug-likeness (QED) is 0.525. The lowest BCUT2D eigenvalue weighted by atomic mass is 10.1. The molecule has 0 fully saturated rings. The highest BCUT2D eigenvalue weighted by Crippen LogP contribution is 2.23. The zero-order valence-electron chi connectivity index (χ0n) is 11.4. The Morgan fingerprint density at radius 3 is 2.55 bits per heavy atom. The summed E-state index contributed by atoms with van der Waals surface area (Å²) in [6.07, 6.45) is 0.